The van der Waals surface area contributed by atoms with E-state index >= 15 is 0 Å². The Morgan fingerprint density at radius 3 is 2.72 bits per heavy atom. The number of nitrogens with one attached hydrogen (secondary N) is 1. The second-order valence-corrected chi connectivity index (χ2v) is 6.00. The van der Waals surface area contributed by atoms with Gasteiger partial charge in [-0.1, -0.05) is 44.2 Å². The number of unbranched alkanes of at least 4 members (excludes halogenated alkanes) is 1. The summed E-state index contributed by atoms with van der Waals surface area (Å²) in [6, 6.07) is 8.75. The molecule has 0 bridgehead atoms. The Morgan fingerprint density at radius 2 is 2.11 bits per heavy atom. The SMILES string of the molecule is CCCCc1ccc(NC2=NCC(C)CS2)cc1. The minimum absolute atomic E-state index is 0.706. The van der Waals surface area contributed by atoms with Gasteiger partial charge in [0.2, 0.25) is 0 Å². The van der Waals surface area contributed by atoms with Gasteiger partial charge in [0.1, 0.15) is 0 Å². The Labute approximate surface area is 114 Å². The predicted molar refractivity (Wildman–Crippen MR) is 82.6 cm³/mol. The standard InChI is InChI=1S/C15H22N2S/c1-3-4-5-13-6-8-14(9-7-13)17-15-16-10-12(2)11-18-15/h6-9,12H,3-5,10-11H2,1-2H3,(H,16,17). The Hall–Kier alpha value is -0.960. The molecule has 1 aliphatic rings. The fraction of sp³-hybridized carbons (Fsp3) is 0.533. The molecule has 3 heteroatoms. The van der Waals surface area contributed by atoms with Crippen molar-refractivity contribution in [3.05, 3.63) is 29.8 Å². The molecular weight excluding hydrogens is 240 g/mol. The lowest BCUT2D eigenvalue weighted by atomic mass is 10.1. The van der Waals surface area contributed by atoms with E-state index in [-0.39, 0.29) is 0 Å². The van der Waals surface area contributed by atoms with Crippen molar-refractivity contribution < 1.29 is 0 Å². The maximum atomic E-state index is 4.55. The molecule has 1 unspecified atom stereocenters. The molecule has 1 aromatic rings. The normalized spacial score (nSPS) is 19.4. The van der Waals surface area contributed by atoms with Crippen LogP contribution in [-0.4, -0.2) is 17.5 Å². The van der Waals surface area contributed by atoms with Crippen LogP contribution in [0.2, 0.25) is 0 Å². The third kappa shape index (κ3) is 4.05. The van der Waals surface area contributed by atoms with Gasteiger partial charge in [-0.15, -0.1) is 0 Å². The quantitative estimate of drug-likeness (QED) is 0.880. The van der Waals surface area contributed by atoms with E-state index in [2.05, 4.69) is 48.4 Å². The van der Waals surface area contributed by atoms with Crippen molar-refractivity contribution in [1.29, 1.82) is 0 Å². The summed E-state index contributed by atoms with van der Waals surface area (Å²) < 4.78 is 0. The summed E-state index contributed by atoms with van der Waals surface area (Å²) in [5.41, 5.74) is 2.57. The summed E-state index contributed by atoms with van der Waals surface area (Å²) in [6.45, 7) is 5.43. The van der Waals surface area contributed by atoms with Crippen LogP contribution in [-0.2, 0) is 6.42 Å². The Kier molecular flexibility index (Phi) is 5.12. The van der Waals surface area contributed by atoms with Crippen molar-refractivity contribution in [2.24, 2.45) is 10.9 Å². The van der Waals surface area contributed by atoms with E-state index in [1.807, 2.05) is 11.8 Å². The number of aliphatic imine (C=N–C) groups is 1. The summed E-state index contributed by atoms with van der Waals surface area (Å²) in [5, 5.41) is 4.46. The molecule has 1 N–H and O–H groups in total. The zero-order valence-electron chi connectivity index (χ0n) is 11.3. The molecule has 0 saturated carbocycles. The minimum atomic E-state index is 0.706. The molecular formula is C15H22N2S. The monoisotopic (exact) mass is 262 g/mol. The van der Waals surface area contributed by atoms with Gasteiger partial charge in [-0.3, -0.25) is 4.99 Å². The van der Waals surface area contributed by atoms with Crippen molar-refractivity contribution >= 4 is 22.6 Å². The number of nitrogens with zero attached hydrogens (tertiary/aromatic N) is 1. The molecule has 0 radical (unpaired) electrons. The van der Waals surface area contributed by atoms with Gasteiger partial charge in [-0.25, -0.2) is 0 Å². The van der Waals surface area contributed by atoms with Crippen LogP contribution >= 0.6 is 11.8 Å². The van der Waals surface area contributed by atoms with Crippen molar-refractivity contribution in [3.63, 3.8) is 0 Å². The molecule has 0 aromatic heterocycles. The Morgan fingerprint density at radius 1 is 1.33 bits per heavy atom. The number of benzene rings is 1. The van der Waals surface area contributed by atoms with Crippen molar-refractivity contribution in [1.82, 2.24) is 0 Å². The smallest absolute Gasteiger partial charge is 0.161 e. The predicted octanol–water partition coefficient (Wildman–Crippen LogP) is 4.18. The zero-order valence-corrected chi connectivity index (χ0v) is 12.1. The van der Waals surface area contributed by atoms with Crippen LogP contribution in [0.4, 0.5) is 5.69 Å². The number of hydrogen-bond donors (Lipinski definition) is 1. The minimum Gasteiger partial charge on any atom is -0.335 e. The van der Waals surface area contributed by atoms with E-state index in [1.54, 1.807) is 0 Å². The van der Waals surface area contributed by atoms with Gasteiger partial charge in [0, 0.05) is 18.0 Å². The molecule has 1 atom stereocenters. The molecule has 18 heavy (non-hydrogen) atoms. The van der Waals surface area contributed by atoms with Gasteiger partial charge in [-0.2, -0.15) is 0 Å². The van der Waals surface area contributed by atoms with E-state index in [4.69, 9.17) is 0 Å². The average molecular weight is 262 g/mol. The molecule has 1 heterocycles. The largest absolute Gasteiger partial charge is 0.335 e. The van der Waals surface area contributed by atoms with Gasteiger partial charge in [0.05, 0.1) is 0 Å². The van der Waals surface area contributed by atoms with E-state index in [9.17, 15) is 0 Å². The van der Waals surface area contributed by atoms with E-state index in [1.165, 1.54) is 30.6 Å². The number of anilines is 1. The molecule has 1 aromatic carbocycles. The van der Waals surface area contributed by atoms with Crippen LogP contribution in [0.15, 0.2) is 29.3 Å². The first-order valence-electron chi connectivity index (χ1n) is 6.81. The summed E-state index contributed by atoms with van der Waals surface area (Å²) in [5.74, 6) is 1.87. The molecule has 1 aliphatic heterocycles. The van der Waals surface area contributed by atoms with Gasteiger partial charge in [0.25, 0.3) is 0 Å². The maximum absolute atomic E-state index is 4.55. The van der Waals surface area contributed by atoms with Gasteiger partial charge < -0.3 is 5.32 Å². The molecule has 0 fully saturated rings. The molecule has 0 aliphatic carbocycles. The maximum Gasteiger partial charge on any atom is 0.161 e. The number of rotatable bonds is 4. The summed E-state index contributed by atoms with van der Waals surface area (Å²) in [7, 11) is 0. The lowest BCUT2D eigenvalue weighted by Gasteiger charge is -2.18. The first-order chi connectivity index (χ1) is 8.78. The summed E-state index contributed by atoms with van der Waals surface area (Å²) in [6.07, 6.45) is 3.71. The van der Waals surface area contributed by atoms with Crippen LogP contribution in [0.1, 0.15) is 32.3 Å². The van der Waals surface area contributed by atoms with Crippen molar-refractivity contribution in [2.75, 3.05) is 17.6 Å². The molecule has 0 saturated heterocycles. The molecule has 2 nitrogen and oxygen atoms in total. The number of hydrogen-bond acceptors (Lipinski definition) is 3. The number of thioether (sulfide) groups is 1. The summed E-state index contributed by atoms with van der Waals surface area (Å²) >= 11 is 1.82. The first kappa shape index (κ1) is 13.5. The number of aryl methyl sites for hydroxylation is 1. The number of amidine groups is 1. The second kappa shape index (κ2) is 6.83. The zero-order chi connectivity index (χ0) is 12.8. The first-order valence-corrected chi connectivity index (χ1v) is 7.79. The second-order valence-electron chi connectivity index (χ2n) is 4.99. The fourth-order valence-electron chi connectivity index (χ4n) is 1.89. The third-order valence-electron chi connectivity index (χ3n) is 3.08. The van der Waals surface area contributed by atoms with Crippen LogP contribution in [0.25, 0.3) is 0 Å². The van der Waals surface area contributed by atoms with E-state index in [0.29, 0.717) is 5.92 Å². The van der Waals surface area contributed by atoms with Crippen LogP contribution in [0.3, 0.4) is 0 Å². The summed E-state index contributed by atoms with van der Waals surface area (Å²) in [4.78, 5) is 4.55. The van der Waals surface area contributed by atoms with Crippen LogP contribution in [0.5, 0.6) is 0 Å². The topological polar surface area (TPSA) is 24.4 Å². The van der Waals surface area contributed by atoms with Crippen LogP contribution < -0.4 is 5.32 Å². The highest BCUT2D eigenvalue weighted by Gasteiger charge is 2.11. The fourth-order valence-corrected chi connectivity index (χ4v) is 2.80. The lowest BCUT2D eigenvalue weighted by Crippen LogP contribution is -2.18. The average Bonchev–Trinajstić information content (AvgIpc) is 2.41. The highest BCUT2D eigenvalue weighted by atomic mass is 32.2. The van der Waals surface area contributed by atoms with Crippen molar-refractivity contribution in [2.45, 2.75) is 33.1 Å². The molecule has 98 valence electrons. The highest BCUT2D eigenvalue weighted by Crippen LogP contribution is 2.20. The Bertz CT molecular complexity index is 397. The molecule has 2 rings (SSSR count). The third-order valence-corrected chi connectivity index (χ3v) is 4.32. The van der Waals surface area contributed by atoms with Gasteiger partial charge >= 0.3 is 0 Å². The van der Waals surface area contributed by atoms with Crippen LogP contribution in [0, 0.1) is 5.92 Å². The Balaban J connectivity index is 1.90. The molecule has 0 amide bonds. The van der Waals surface area contributed by atoms with Crippen molar-refractivity contribution in [3.8, 4) is 0 Å². The van der Waals surface area contributed by atoms with E-state index < -0.39 is 0 Å². The van der Waals surface area contributed by atoms with Gasteiger partial charge in [-0.05, 0) is 36.5 Å². The highest BCUT2D eigenvalue weighted by molar-refractivity contribution is 8.14. The lowest BCUT2D eigenvalue weighted by molar-refractivity contribution is 0.674. The van der Waals surface area contributed by atoms with Gasteiger partial charge in [0.15, 0.2) is 5.17 Å². The van der Waals surface area contributed by atoms with E-state index in [0.717, 1.165) is 17.4 Å². The molecule has 0 spiro atoms.